The first-order valence-corrected chi connectivity index (χ1v) is 4.84. The lowest BCUT2D eigenvalue weighted by Crippen LogP contribution is -2.28. The van der Waals surface area contributed by atoms with Crippen molar-refractivity contribution in [3.05, 3.63) is 0 Å². The van der Waals surface area contributed by atoms with Gasteiger partial charge >= 0.3 is 0 Å². The van der Waals surface area contributed by atoms with Crippen molar-refractivity contribution in [1.82, 2.24) is 4.90 Å². The Morgan fingerprint density at radius 2 is 2.23 bits per heavy atom. The SMILES string of the molecule is CC(CN)CCN1CCC(F)(F)C1. The normalized spacial score (nSPS) is 24.9. The second kappa shape index (κ2) is 4.33. The lowest BCUT2D eigenvalue weighted by molar-refractivity contribution is 0.0119. The lowest BCUT2D eigenvalue weighted by Gasteiger charge is -2.17. The van der Waals surface area contributed by atoms with Crippen LogP contribution < -0.4 is 5.73 Å². The standard InChI is InChI=1S/C9H18F2N2/c1-8(6-12)2-4-13-5-3-9(10,11)7-13/h8H,2-7,12H2,1H3. The van der Waals surface area contributed by atoms with E-state index in [9.17, 15) is 8.78 Å². The Morgan fingerprint density at radius 1 is 1.54 bits per heavy atom. The molecule has 1 unspecified atom stereocenters. The summed E-state index contributed by atoms with van der Waals surface area (Å²) in [6.45, 7) is 3.92. The summed E-state index contributed by atoms with van der Waals surface area (Å²) in [6.07, 6.45) is 0.941. The number of nitrogens with zero attached hydrogens (tertiary/aromatic N) is 1. The van der Waals surface area contributed by atoms with Crippen LogP contribution in [0.5, 0.6) is 0 Å². The zero-order valence-corrected chi connectivity index (χ0v) is 8.10. The van der Waals surface area contributed by atoms with Gasteiger partial charge in [0.1, 0.15) is 0 Å². The Kier molecular flexibility index (Phi) is 3.62. The van der Waals surface area contributed by atoms with E-state index in [4.69, 9.17) is 5.73 Å². The topological polar surface area (TPSA) is 29.3 Å². The van der Waals surface area contributed by atoms with Crippen molar-refractivity contribution in [2.45, 2.75) is 25.7 Å². The third kappa shape index (κ3) is 3.56. The highest BCUT2D eigenvalue weighted by atomic mass is 19.3. The van der Waals surface area contributed by atoms with Crippen molar-refractivity contribution in [2.75, 3.05) is 26.2 Å². The van der Waals surface area contributed by atoms with Crippen molar-refractivity contribution in [3.8, 4) is 0 Å². The molecule has 0 bridgehead atoms. The average Bonchev–Trinajstić information content (AvgIpc) is 2.41. The summed E-state index contributed by atoms with van der Waals surface area (Å²) in [7, 11) is 0. The molecule has 0 aromatic heterocycles. The number of rotatable bonds is 4. The van der Waals surface area contributed by atoms with Crippen LogP contribution >= 0.6 is 0 Å². The van der Waals surface area contributed by atoms with Crippen LogP contribution in [-0.2, 0) is 0 Å². The molecule has 1 aliphatic heterocycles. The second-order valence-corrected chi connectivity index (χ2v) is 4.01. The molecule has 1 fully saturated rings. The second-order valence-electron chi connectivity index (χ2n) is 4.01. The fourth-order valence-corrected chi connectivity index (χ4v) is 1.52. The molecule has 78 valence electrons. The molecule has 1 rings (SSSR count). The van der Waals surface area contributed by atoms with Gasteiger partial charge in [0.2, 0.25) is 0 Å². The summed E-state index contributed by atoms with van der Waals surface area (Å²) < 4.78 is 25.5. The first-order valence-electron chi connectivity index (χ1n) is 4.84. The zero-order valence-electron chi connectivity index (χ0n) is 8.10. The Bertz CT molecular complexity index is 162. The van der Waals surface area contributed by atoms with Crippen LogP contribution in [0.3, 0.4) is 0 Å². The fraction of sp³-hybridized carbons (Fsp3) is 1.00. The average molecular weight is 192 g/mol. The molecule has 0 spiro atoms. The van der Waals surface area contributed by atoms with Crippen LogP contribution in [0, 0.1) is 5.92 Å². The number of hydrogen-bond acceptors (Lipinski definition) is 2. The van der Waals surface area contributed by atoms with Gasteiger partial charge in [-0.1, -0.05) is 6.92 Å². The predicted molar refractivity (Wildman–Crippen MR) is 48.8 cm³/mol. The van der Waals surface area contributed by atoms with Crippen LogP contribution in [0.4, 0.5) is 8.78 Å². The molecule has 0 saturated carbocycles. The van der Waals surface area contributed by atoms with Crippen LogP contribution in [0.25, 0.3) is 0 Å². The molecule has 13 heavy (non-hydrogen) atoms. The molecule has 1 saturated heterocycles. The highest BCUT2D eigenvalue weighted by Gasteiger charge is 2.37. The van der Waals surface area contributed by atoms with Gasteiger partial charge in [0.15, 0.2) is 0 Å². The molecule has 2 nitrogen and oxygen atoms in total. The van der Waals surface area contributed by atoms with Gasteiger partial charge in [0.05, 0.1) is 6.54 Å². The monoisotopic (exact) mass is 192 g/mol. The summed E-state index contributed by atoms with van der Waals surface area (Å²) in [5.41, 5.74) is 5.44. The highest BCUT2D eigenvalue weighted by molar-refractivity contribution is 4.81. The van der Waals surface area contributed by atoms with E-state index in [1.54, 1.807) is 0 Å². The van der Waals surface area contributed by atoms with Crippen molar-refractivity contribution >= 4 is 0 Å². The van der Waals surface area contributed by atoms with E-state index < -0.39 is 5.92 Å². The molecule has 2 N–H and O–H groups in total. The Balaban J connectivity index is 2.17. The Labute approximate surface area is 78.1 Å². The third-order valence-corrected chi connectivity index (χ3v) is 2.59. The van der Waals surface area contributed by atoms with Crippen LogP contribution in [0.1, 0.15) is 19.8 Å². The lowest BCUT2D eigenvalue weighted by atomic mass is 10.1. The van der Waals surface area contributed by atoms with E-state index >= 15 is 0 Å². The summed E-state index contributed by atoms with van der Waals surface area (Å²) in [5.74, 6) is -2.01. The van der Waals surface area contributed by atoms with Crippen molar-refractivity contribution in [1.29, 1.82) is 0 Å². The van der Waals surface area contributed by atoms with E-state index in [1.165, 1.54) is 0 Å². The van der Waals surface area contributed by atoms with Crippen LogP contribution in [0.2, 0.25) is 0 Å². The van der Waals surface area contributed by atoms with Gasteiger partial charge in [-0.05, 0) is 25.4 Å². The van der Waals surface area contributed by atoms with E-state index in [2.05, 4.69) is 0 Å². The number of likely N-dealkylation sites (tertiary alicyclic amines) is 1. The van der Waals surface area contributed by atoms with Gasteiger partial charge in [0, 0.05) is 13.0 Å². The molecule has 1 atom stereocenters. The largest absolute Gasteiger partial charge is 0.330 e. The Morgan fingerprint density at radius 3 is 2.69 bits per heavy atom. The van der Waals surface area contributed by atoms with E-state index in [1.807, 2.05) is 11.8 Å². The molecule has 0 aliphatic carbocycles. The molecule has 0 aromatic carbocycles. The highest BCUT2D eigenvalue weighted by Crippen LogP contribution is 2.26. The van der Waals surface area contributed by atoms with Gasteiger partial charge in [-0.25, -0.2) is 8.78 Å². The van der Waals surface area contributed by atoms with E-state index in [0.717, 1.165) is 13.0 Å². The van der Waals surface area contributed by atoms with Gasteiger partial charge < -0.3 is 5.73 Å². The summed E-state index contributed by atoms with van der Waals surface area (Å²) in [5, 5.41) is 0. The van der Waals surface area contributed by atoms with Gasteiger partial charge in [0.25, 0.3) is 5.92 Å². The number of hydrogen-bond donors (Lipinski definition) is 1. The number of nitrogens with two attached hydrogens (primary N) is 1. The van der Waals surface area contributed by atoms with E-state index in [0.29, 0.717) is 19.0 Å². The molecular weight excluding hydrogens is 174 g/mol. The minimum atomic E-state index is -2.45. The van der Waals surface area contributed by atoms with Gasteiger partial charge in [-0.3, -0.25) is 4.90 Å². The summed E-state index contributed by atoms with van der Waals surface area (Å²) >= 11 is 0. The quantitative estimate of drug-likeness (QED) is 0.727. The van der Waals surface area contributed by atoms with Gasteiger partial charge in [-0.15, -0.1) is 0 Å². The predicted octanol–water partition coefficient (Wildman–Crippen LogP) is 1.31. The maximum Gasteiger partial charge on any atom is 0.261 e. The minimum absolute atomic E-state index is 0.0179. The zero-order chi connectivity index (χ0) is 9.90. The fourth-order valence-electron chi connectivity index (χ4n) is 1.52. The molecule has 1 aliphatic rings. The summed E-state index contributed by atoms with van der Waals surface area (Å²) in [4.78, 5) is 1.83. The Hall–Kier alpha value is -0.220. The van der Waals surface area contributed by atoms with Crippen molar-refractivity contribution in [2.24, 2.45) is 11.7 Å². The molecule has 1 heterocycles. The third-order valence-electron chi connectivity index (χ3n) is 2.59. The maximum absolute atomic E-state index is 12.7. The number of halogens is 2. The van der Waals surface area contributed by atoms with Crippen molar-refractivity contribution < 1.29 is 8.78 Å². The molecular formula is C9H18F2N2. The van der Waals surface area contributed by atoms with Crippen molar-refractivity contribution in [3.63, 3.8) is 0 Å². The van der Waals surface area contributed by atoms with E-state index in [-0.39, 0.29) is 13.0 Å². The van der Waals surface area contributed by atoms with Crippen LogP contribution in [-0.4, -0.2) is 37.0 Å². The minimum Gasteiger partial charge on any atom is -0.330 e. The first kappa shape index (κ1) is 10.9. The van der Waals surface area contributed by atoms with Gasteiger partial charge in [-0.2, -0.15) is 0 Å². The number of alkyl halides is 2. The molecule has 0 radical (unpaired) electrons. The van der Waals surface area contributed by atoms with Crippen LogP contribution in [0.15, 0.2) is 0 Å². The first-order chi connectivity index (χ1) is 6.03. The smallest absolute Gasteiger partial charge is 0.261 e. The summed E-state index contributed by atoms with van der Waals surface area (Å²) in [6, 6.07) is 0. The molecule has 0 amide bonds. The maximum atomic E-state index is 12.7. The molecule has 0 aromatic rings. The molecule has 4 heteroatoms.